The predicted molar refractivity (Wildman–Crippen MR) is 98.6 cm³/mol. The first-order valence-corrected chi connectivity index (χ1v) is 8.82. The number of ether oxygens (including phenoxy) is 1. The van der Waals surface area contributed by atoms with Crippen molar-refractivity contribution in [3.05, 3.63) is 70.0 Å². The quantitative estimate of drug-likeness (QED) is 0.504. The summed E-state index contributed by atoms with van der Waals surface area (Å²) in [6.07, 6.45) is 0. The van der Waals surface area contributed by atoms with Gasteiger partial charge in [-0.2, -0.15) is 5.26 Å². The summed E-state index contributed by atoms with van der Waals surface area (Å²) in [5, 5.41) is 10.2. The van der Waals surface area contributed by atoms with Crippen molar-refractivity contribution in [1.29, 1.82) is 5.26 Å². The Morgan fingerprint density at radius 3 is 2.68 bits per heavy atom. The lowest BCUT2D eigenvalue weighted by atomic mass is 10.2. The van der Waals surface area contributed by atoms with Crippen molar-refractivity contribution in [3.63, 3.8) is 0 Å². The molecule has 6 heteroatoms. The van der Waals surface area contributed by atoms with Crippen molar-refractivity contribution in [1.82, 2.24) is 9.55 Å². The molecule has 0 bridgehead atoms. The van der Waals surface area contributed by atoms with E-state index >= 15 is 0 Å². The third-order valence-corrected chi connectivity index (χ3v) is 4.84. The minimum atomic E-state index is -0.0509. The number of hydrogen-bond acceptors (Lipinski definition) is 5. The monoisotopic (exact) mass is 351 g/mol. The molecule has 0 saturated carbocycles. The number of thioether (sulfide) groups is 1. The molecular weight excluding hydrogens is 334 g/mol. The van der Waals surface area contributed by atoms with Gasteiger partial charge in [-0.15, -0.1) is 0 Å². The summed E-state index contributed by atoms with van der Waals surface area (Å²) in [7, 11) is 1.61. The molecule has 126 valence electrons. The summed E-state index contributed by atoms with van der Waals surface area (Å²) in [6.45, 7) is 0.910. The smallest absolute Gasteiger partial charge is 0.262 e. The number of methoxy groups -OCH3 is 1. The van der Waals surface area contributed by atoms with E-state index in [0.29, 0.717) is 40.5 Å². The van der Waals surface area contributed by atoms with E-state index in [1.165, 1.54) is 11.8 Å². The lowest BCUT2D eigenvalue weighted by Gasteiger charge is -2.12. The van der Waals surface area contributed by atoms with Crippen LogP contribution < -0.4 is 5.56 Å². The maximum atomic E-state index is 12.8. The number of rotatable bonds is 6. The molecule has 0 unspecified atom stereocenters. The standard InChI is InChI=1S/C19H17N3O2S/c1-24-11-10-22-18(23)16-4-2-3-5-17(16)21-19(22)25-13-15-8-6-14(12-20)7-9-15/h2-9H,10-11,13H2,1H3. The zero-order chi connectivity index (χ0) is 17.6. The predicted octanol–water partition coefficient (Wildman–Crippen LogP) is 3.21. The Morgan fingerprint density at radius 2 is 1.96 bits per heavy atom. The second-order valence-corrected chi connectivity index (χ2v) is 6.40. The Hall–Kier alpha value is -2.62. The Kier molecular flexibility index (Phi) is 5.49. The van der Waals surface area contributed by atoms with Crippen molar-refractivity contribution < 1.29 is 4.74 Å². The molecule has 25 heavy (non-hydrogen) atoms. The van der Waals surface area contributed by atoms with Crippen LogP contribution in [-0.4, -0.2) is 23.3 Å². The van der Waals surface area contributed by atoms with E-state index in [1.54, 1.807) is 29.9 Å². The first-order valence-electron chi connectivity index (χ1n) is 7.83. The van der Waals surface area contributed by atoms with E-state index in [1.807, 2.05) is 30.3 Å². The van der Waals surface area contributed by atoms with Gasteiger partial charge >= 0.3 is 0 Å². The Labute approximate surface area is 149 Å². The van der Waals surface area contributed by atoms with Crippen LogP contribution in [0.25, 0.3) is 10.9 Å². The first kappa shape index (κ1) is 17.2. The largest absolute Gasteiger partial charge is 0.383 e. The topological polar surface area (TPSA) is 67.9 Å². The SMILES string of the molecule is COCCn1c(SCc2ccc(C#N)cc2)nc2ccccc2c1=O. The summed E-state index contributed by atoms with van der Waals surface area (Å²) < 4.78 is 6.80. The highest BCUT2D eigenvalue weighted by Crippen LogP contribution is 2.22. The fraction of sp³-hybridized carbons (Fsp3) is 0.211. The molecule has 0 aliphatic carbocycles. The van der Waals surface area contributed by atoms with Gasteiger partial charge in [0.2, 0.25) is 0 Å². The number of hydrogen-bond donors (Lipinski definition) is 0. The fourth-order valence-electron chi connectivity index (χ4n) is 2.46. The van der Waals surface area contributed by atoms with Crippen LogP contribution in [0.5, 0.6) is 0 Å². The van der Waals surface area contributed by atoms with Gasteiger partial charge in [0.1, 0.15) is 0 Å². The second kappa shape index (κ2) is 7.97. The van der Waals surface area contributed by atoms with Crippen LogP contribution >= 0.6 is 11.8 Å². The van der Waals surface area contributed by atoms with Gasteiger partial charge in [-0.25, -0.2) is 4.98 Å². The summed E-state index contributed by atoms with van der Waals surface area (Å²) in [4.78, 5) is 17.4. The molecule has 0 aliphatic heterocycles. The number of fused-ring (bicyclic) bond motifs is 1. The number of benzene rings is 2. The average Bonchev–Trinajstić information content (AvgIpc) is 2.66. The van der Waals surface area contributed by atoms with Crippen molar-refractivity contribution in [2.24, 2.45) is 0 Å². The van der Waals surface area contributed by atoms with Gasteiger partial charge in [0.15, 0.2) is 5.16 Å². The highest BCUT2D eigenvalue weighted by Gasteiger charge is 2.11. The summed E-state index contributed by atoms with van der Waals surface area (Å²) in [5.41, 5.74) is 2.35. The van der Waals surface area contributed by atoms with Crippen LogP contribution in [0.2, 0.25) is 0 Å². The van der Waals surface area contributed by atoms with Crippen molar-refractivity contribution in [2.75, 3.05) is 13.7 Å². The third kappa shape index (κ3) is 3.90. The van der Waals surface area contributed by atoms with Crippen LogP contribution in [0.15, 0.2) is 58.5 Å². The van der Waals surface area contributed by atoms with E-state index in [2.05, 4.69) is 11.1 Å². The van der Waals surface area contributed by atoms with E-state index in [0.717, 1.165) is 5.56 Å². The number of nitriles is 1. The van der Waals surface area contributed by atoms with Crippen LogP contribution in [-0.2, 0) is 17.0 Å². The van der Waals surface area contributed by atoms with Crippen LogP contribution in [0.3, 0.4) is 0 Å². The maximum Gasteiger partial charge on any atom is 0.262 e. The summed E-state index contributed by atoms with van der Waals surface area (Å²) >= 11 is 1.51. The van der Waals surface area contributed by atoms with E-state index in [9.17, 15) is 4.79 Å². The van der Waals surface area contributed by atoms with E-state index < -0.39 is 0 Å². The van der Waals surface area contributed by atoms with Gasteiger partial charge in [-0.1, -0.05) is 36.0 Å². The molecule has 0 aliphatic rings. The fourth-order valence-corrected chi connectivity index (χ4v) is 3.44. The number of aromatic nitrogens is 2. The van der Waals surface area contributed by atoms with Gasteiger partial charge in [-0.3, -0.25) is 9.36 Å². The normalized spacial score (nSPS) is 10.7. The highest BCUT2D eigenvalue weighted by atomic mass is 32.2. The van der Waals surface area contributed by atoms with Gasteiger partial charge in [0.25, 0.3) is 5.56 Å². The zero-order valence-corrected chi connectivity index (χ0v) is 14.6. The minimum absolute atomic E-state index is 0.0509. The van der Waals surface area contributed by atoms with Crippen LogP contribution in [0.4, 0.5) is 0 Å². The molecule has 2 aromatic carbocycles. The van der Waals surface area contributed by atoms with Gasteiger partial charge < -0.3 is 4.74 Å². The first-order chi connectivity index (χ1) is 12.2. The Balaban J connectivity index is 1.92. The van der Waals surface area contributed by atoms with Crippen LogP contribution in [0.1, 0.15) is 11.1 Å². The molecule has 0 radical (unpaired) electrons. The average molecular weight is 351 g/mol. The summed E-state index contributed by atoms with van der Waals surface area (Å²) in [6, 6.07) is 16.9. The van der Waals surface area contributed by atoms with E-state index in [4.69, 9.17) is 10.00 Å². The van der Waals surface area contributed by atoms with Crippen molar-refractivity contribution >= 4 is 22.7 Å². The molecule has 0 amide bonds. The van der Waals surface area contributed by atoms with Gasteiger partial charge in [-0.05, 0) is 29.8 Å². The molecule has 0 fully saturated rings. The lowest BCUT2D eigenvalue weighted by Crippen LogP contribution is -2.25. The molecular formula is C19H17N3O2S. The van der Waals surface area contributed by atoms with Gasteiger partial charge in [0, 0.05) is 12.9 Å². The Bertz CT molecular complexity index is 975. The number of para-hydroxylation sites is 1. The lowest BCUT2D eigenvalue weighted by molar-refractivity contribution is 0.183. The number of nitrogens with zero attached hydrogens (tertiary/aromatic N) is 3. The van der Waals surface area contributed by atoms with Crippen LogP contribution in [0, 0.1) is 11.3 Å². The van der Waals surface area contributed by atoms with Crippen molar-refractivity contribution in [3.8, 4) is 6.07 Å². The van der Waals surface area contributed by atoms with Gasteiger partial charge in [0.05, 0.1) is 35.7 Å². The molecule has 3 aromatic rings. The maximum absolute atomic E-state index is 12.8. The molecule has 1 heterocycles. The Morgan fingerprint density at radius 1 is 1.20 bits per heavy atom. The highest BCUT2D eigenvalue weighted by molar-refractivity contribution is 7.98. The molecule has 0 atom stereocenters. The van der Waals surface area contributed by atoms with Crippen molar-refractivity contribution in [2.45, 2.75) is 17.5 Å². The summed E-state index contributed by atoms with van der Waals surface area (Å²) in [5.74, 6) is 0.670. The molecule has 3 rings (SSSR count). The zero-order valence-electron chi connectivity index (χ0n) is 13.8. The van der Waals surface area contributed by atoms with E-state index in [-0.39, 0.29) is 5.56 Å². The molecule has 1 aromatic heterocycles. The minimum Gasteiger partial charge on any atom is -0.383 e. The second-order valence-electron chi connectivity index (χ2n) is 5.46. The molecule has 0 spiro atoms. The third-order valence-electron chi connectivity index (χ3n) is 3.80. The molecule has 5 nitrogen and oxygen atoms in total. The molecule has 0 N–H and O–H groups in total. The molecule has 0 saturated heterocycles.